The molecule has 1 atom stereocenters. The van der Waals surface area contributed by atoms with Crippen molar-refractivity contribution in [1.29, 1.82) is 0 Å². The minimum Gasteiger partial charge on any atom is -0.493 e. The van der Waals surface area contributed by atoms with Gasteiger partial charge in [0.25, 0.3) is 5.56 Å². The minimum atomic E-state index is -0.829. The molecule has 9 nitrogen and oxygen atoms in total. The second-order valence-electron chi connectivity index (χ2n) is 8.34. The van der Waals surface area contributed by atoms with Crippen LogP contribution in [0.25, 0.3) is 6.08 Å². The molecule has 5 rings (SSSR count). The summed E-state index contributed by atoms with van der Waals surface area (Å²) >= 11 is 4.79. The normalized spacial score (nSPS) is 16.2. The molecule has 0 radical (unpaired) electrons. The molecule has 3 heterocycles. The van der Waals surface area contributed by atoms with Crippen LogP contribution in [0.4, 0.5) is 0 Å². The Morgan fingerprint density at radius 3 is 2.71 bits per heavy atom. The van der Waals surface area contributed by atoms with Gasteiger partial charge in [0, 0.05) is 10.0 Å². The Hall–Kier alpha value is -3.57. The molecule has 2 aromatic carbocycles. The van der Waals surface area contributed by atoms with Gasteiger partial charge in [0.15, 0.2) is 27.8 Å². The molecule has 0 amide bonds. The number of fused-ring (bicyclic) bond motifs is 2. The van der Waals surface area contributed by atoms with E-state index in [1.165, 1.54) is 15.9 Å². The van der Waals surface area contributed by atoms with Crippen molar-refractivity contribution >= 4 is 39.3 Å². The smallest absolute Gasteiger partial charge is 0.338 e. The fraction of sp³-hybridized carbons (Fsp3) is 0.296. The zero-order valence-electron chi connectivity index (χ0n) is 21.2. The number of methoxy groups -OCH3 is 1. The summed E-state index contributed by atoms with van der Waals surface area (Å²) in [7, 11) is 1.55. The Morgan fingerprint density at radius 2 is 2.00 bits per heavy atom. The fourth-order valence-electron chi connectivity index (χ4n) is 4.48. The van der Waals surface area contributed by atoms with Crippen molar-refractivity contribution in [2.24, 2.45) is 4.99 Å². The second kappa shape index (κ2) is 10.7. The van der Waals surface area contributed by atoms with Gasteiger partial charge in [-0.1, -0.05) is 39.4 Å². The zero-order chi connectivity index (χ0) is 27.0. The van der Waals surface area contributed by atoms with Crippen molar-refractivity contribution in [1.82, 2.24) is 4.57 Å². The van der Waals surface area contributed by atoms with Crippen LogP contribution in [0.1, 0.15) is 37.9 Å². The summed E-state index contributed by atoms with van der Waals surface area (Å²) in [6.07, 6.45) is 1.77. The largest absolute Gasteiger partial charge is 0.493 e. The Kier molecular flexibility index (Phi) is 7.31. The highest BCUT2D eigenvalue weighted by atomic mass is 79.9. The van der Waals surface area contributed by atoms with Gasteiger partial charge < -0.3 is 23.7 Å². The number of aromatic nitrogens is 1. The lowest BCUT2D eigenvalue weighted by atomic mass is 9.94. The van der Waals surface area contributed by atoms with Gasteiger partial charge in [-0.3, -0.25) is 9.36 Å². The van der Waals surface area contributed by atoms with E-state index in [9.17, 15) is 9.59 Å². The van der Waals surface area contributed by atoms with Gasteiger partial charge in [-0.2, -0.15) is 0 Å². The summed E-state index contributed by atoms with van der Waals surface area (Å²) in [4.78, 5) is 32.3. The summed E-state index contributed by atoms with van der Waals surface area (Å²) < 4.78 is 30.6. The molecule has 2 aliphatic rings. The number of hydrogen-bond acceptors (Lipinski definition) is 9. The predicted molar refractivity (Wildman–Crippen MR) is 145 cm³/mol. The molecule has 0 N–H and O–H groups in total. The summed E-state index contributed by atoms with van der Waals surface area (Å²) in [5, 5.41) is 0. The average Bonchev–Trinajstić information content (AvgIpc) is 3.47. The first-order chi connectivity index (χ1) is 18.4. The van der Waals surface area contributed by atoms with Gasteiger partial charge in [0.2, 0.25) is 6.79 Å². The maximum atomic E-state index is 14.0. The molecule has 0 saturated carbocycles. The van der Waals surface area contributed by atoms with Gasteiger partial charge in [-0.25, -0.2) is 9.79 Å². The number of allylic oxidation sites excluding steroid dienone is 1. The van der Waals surface area contributed by atoms with E-state index >= 15 is 0 Å². The Balaban J connectivity index is 1.76. The lowest BCUT2D eigenvalue weighted by Crippen LogP contribution is -2.40. The van der Waals surface area contributed by atoms with Crippen molar-refractivity contribution in [3.63, 3.8) is 0 Å². The molecule has 2 aliphatic heterocycles. The Morgan fingerprint density at radius 1 is 1.24 bits per heavy atom. The number of rotatable bonds is 7. The van der Waals surface area contributed by atoms with Crippen LogP contribution in [-0.4, -0.2) is 37.7 Å². The highest BCUT2D eigenvalue weighted by molar-refractivity contribution is 9.10. The van der Waals surface area contributed by atoms with Crippen LogP contribution in [0.2, 0.25) is 0 Å². The number of esters is 1. The predicted octanol–water partition coefficient (Wildman–Crippen LogP) is 3.70. The van der Waals surface area contributed by atoms with Crippen molar-refractivity contribution in [2.45, 2.75) is 26.8 Å². The van der Waals surface area contributed by atoms with Crippen LogP contribution in [0.15, 0.2) is 55.9 Å². The van der Waals surface area contributed by atoms with Crippen molar-refractivity contribution in [3.8, 4) is 23.0 Å². The zero-order valence-corrected chi connectivity index (χ0v) is 23.6. The molecule has 1 aromatic heterocycles. The third kappa shape index (κ3) is 4.49. The lowest BCUT2D eigenvalue weighted by Gasteiger charge is -2.26. The molecule has 198 valence electrons. The molecule has 0 spiro atoms. The highest BCUT2D eigenvalue weighted by Crippen LogP contribution is 2.41. The first-order valence-electron chi connectivity index (χ1n) is 12.0. The monoisotopic (exact) mass is 600 g/mol. The maximum absolute atomic E-state index is 14.0. The number of carbonyl (C=O) groups is 1. The average molecular weight is 601 g/mol. The molecule has 0 unspecified atom stereocenters. The summed E-state index contributed by atoms with van der Waals surface area (Å²) in [6, 6.07) is 8.18. The number of carbonyl (C=O) groups excluding carboxylic acids is 1. The maximum Gasteiger partial charge on any atom is 0.338 e. The van der Waals surface area contributed by atoms with Crippen molar-refractivity contribution in [2.75, 3.05) is 27.1 Å². The third-order valence-corrected chi connectivity index (χ3v) is 7.78. The van der Waals surface area contributed by atoms with Gasteiger partial charge in [-0.05, 0) is 50.6 Å². The molecule has 0 bridgehead atoms. The summed E-state index contributed by atoms with van der Waals surface area (Å²) in [6.45, 7) is 6.03. The van der Waals surface area contributed by atoms with Gasteiger partial charge in [-0.15, -0.1) is 0 Å². The lowest BCUT2D eigenvalue weighted by molar-refractivity contribution is -0.139. The highest BCUT2D eigenvalue weighted by Gasteiger charge is 2.36. The van der Waals surface area contributed by atoms with Gasteiger partial charge in [0.1, 0.15) is 6.04 Å². The van der Waals surface area contributed by atoms with Crippen LogP contribution < -0.4 is 33.8 Å². The summed E-state index contributed by atoms with van der Waals surface area (Å²) in [5.41, 5.74) is 1.78. The minimum absolute atomic E-state index is 0.145. The molecule has 11 heteroatoms. The third-order valence-electron chi connectivity index (χ3n) is 6.11. The van der Waals surface area contributed by atoms with Crippen LogP contribution in [-0.2, 0) is 9.53 Å². The van der Waals surface area contributed by atoms with E-state index < -0.39 is 12.0 Å². The van der Waals surface area contributed by atoms with E-state index in [1.807, 2.05) is 25.1 Å². The standard InChI is InChI=1S/C27H25BrN2O7S/c1-5-34-24-16(8-7-9-18(24)33-4)23-22(26(32)35-6-2)14(3)29-27-30(23)25(31)21(38-27)11-15-10-19-20(12-17(15)28)37-13-36-19/h7-12,23H,5-6,13H2,1-4H3/b21-11+/t23-/m0/s1. The fourth-order valence-corrected chi connectivity index (χ4v) is 5.95. The second-order valence-corrected chi connectivity index (χ2v) is 10.2. The number of nitrogens with zero attached hydrogens (tertiary/aromatic N) is 2. The van der Waals surface area contributed by atoms with E-state index in [4.69, 9.17) is 23.7 Å². The van der Waals surface area contributed by atoms with Crippen LogP contribution in [0, 0.1) is 0 Å². The number of halogens is 1. The SMILES string of the molecule is CCOC(=O)C1=C(C)N=c2s/c(=C/c3cc4c(cc3Br)OCO4)c(=O)n2[C@H]1c1cccc(OC)c1OCC. The molecule has 0 fully saturated rings. The summed E-state index contributed by atoms with van der Waals surface area (Å²) in [5.74, 6) is 1.63. The molecule has 0 saturated heterocycles. The first kappa shape index (κ1) is 26.1. The van der Waals surface area contributed by atoms with E-state index in [0.29, 0.717) is 50.2 Å². The first-order valence-corrected chi connectivity index (χ1v) is 13.6. The molecular weight excluding hydrogens is 576 g/mol. The Labute approximate surface area is 230 Å². The van der Waals surface area contributed by atoms with E-state index in [1.54, 1.807) is 39.2 Å². The molecule has 3 aromatic rings. The molecular formula is C27H25BrN2O7S. The topological polar surface area (TPSA) is 97.6 Å². The Bertz CT molecular complexity index is 1640. The van der Waals surface area contributed by atoms with Crippen molar-refractivity contribution in [3.05, 3.63) is 76.9 Å². The van der Waals surface area contributed by atoms with Gasteiger partial charge in [0.05, 0.1) is 36.1 Å². The van der Waals surface area contributed by atoms with E-state index in [0.717, 1.165) is 10.0 Å². The van der Waals surface area contributed by atoms with Crippen LogP contribution >= 0.6 is 27.3 Å². The van der Waals surface area contributed by atoms with Crippen LogP contribution in [0.5, 0.6) is 23.0 Å². The van der Waals surface area contributed by atoms with Crippen molar-refractivity contribution < 1.29 is 28.5 Å². The number of para-hydroxylation sites is 1. The van der Waals surface area contributed by atoms with E-state index in [2.05, 4.69) is 20.9 Å². The van der Waals surface area contributed by atoms with Gasteiger partial charge >= 0.3 is 5.97 Å². The van der Waals surface area contributed by atoms with Crippen LogP contribution in [0.3, 0.4) is 0 Å². The molecule has 38 heavy (non-hydrogen) atoms. The number of ether oxygens (including phenoxy) is 5. The number of thiazole rings is 1. The number of benzene rings is 2. The number of hydrogen-bond donors (Lipinski definition) is 0. The quantitative estimate of drug-likeness (QED) is 0.381. The van der Waals surface area contributed by atoms with E-state index in [-0.39, 0.29) is 24.5 Å². The molecule has 0 aliphatic carbocycles.